The van der Waals surface area contributed by atoms with Gasteiger partial charge in [-0.05, 0) is 26.0 Å². The molecule has 0 bridgehead atoms. The lowest BCUT2D eigenvalue weighted by Gasteiger charge is -2.09. The van der Waals surface area contributed by atoms with Crippen molar-refractivity contribution in [1.82, 2.24) is 40.1 Å². The van der Waals surface area contributed by atoms with E-state index in [-0.39, 0.29) is 6.61 Å². The van der Waals surface area contributed by atoms with E-state index in [2.05, 4.69) is 35.5 Å². The lowest BCUT2D eigenvalue weighted by molar-refractivity contribution is 0.281. The maximum atomic E-state index is 13.4. The van der Waals surface area contributed by atoms with Crippen molar-refractivity contribution < 1.29 is 9.13 Å². The first-order valence-electron chi connectivity index (χ1n) is 8.86. The molecule has 4 aromatic rings. The van der Waals surface area contributed by atoms with Gasteiger partial charge in [0.15, 0.2) is 5.82 Å². The van der Waals surface area contributed by atoms with Gasteiger partial charge in [0.25, 0.3) is 0 Å². The molecule has 0 saturated carbocycles. The van der Waals surface area contributed by atoms with E-state index in [4.69, 9.17) is 4.74 Å². The van der Waals surface area contributed by atoms with Gasteiger partial charge in [0.2, 0.25) is 5.88 Å². The van der Waals surface area contributed by atoms with Gasteiger partial charge < -0.3 is 4.74 Å². The van der Waals surface area contributed by atoms with E-state index in [1.54, 1.807) is 47.5 Å². The molecule has 10 heteroatoms. The van der Waals surface area contributed by atoms with Crippen LogP contribution in [0.1, 0.15) is 30.0 Å². The van der Waals surface area contributed by atoms with E-state index >= 15 is 0 Å². The Bertz CT molecular complexity index is 1080. The Morgan fingerprint density at radius 3 is 2.55 bits per heavy atom. The Hall–Kier alpha value is -3.82. The average molecular weight is 392 g/mol. The predicted molar refractivity (Wildman–Crippen MR) is 101 cm³/mol. The van der Waals surface area contributed by atoms with Crippen molar-refractivity contribution in [1.29, 1.82) is 0 Å². The van der Waals surface area contributed by atoms with Gasteiger partial charge in [-0.15, -0.1) is 15.3 Å². The third-order valence-electron chi connectivity index (χ3n) is 4.23. The normalized spacial score (nSPS) is 12.0. The van der Waals surface area contributed by atoms with Gasteiger partial charge in [-0.2, -0.15) is 4.68 Å². The molecule has 9 nitrogen and oxygen atoms in total. The molecule has 0 aliphatic rings. The maximum absolute atomic E-state index is 13.4. The molecule has 0 saturated heterocycles. The molecule has 4 rings (SSSR count). The molecule has 0 aliphatic heterocycles. The van der Waals surface area contributed by atoms with E-state index in [1.807, 2.05) is 6.92 Å². The van der Waals surface area contributed by atoms with Gasteiger partial charge in [0.1, 0.15) is 29.9 Å². The summed E-state index contributed by atoms with van der Waals surface area (Å²) < 4.78 is 20.7. The van der Waals surface area contributed by atoms with Gasteiger partial charge >= 0.3 is 0 Å². The maximum Gasteiger partial charge on any atom is 0.233 e. The zero-order chi connectivity index (χ0) is 20.2. The van der Waals surface area contributed by atoms with E-state index in [0.717, 1.165) is 0 Å². The largest absolute Gasteiger partial charge is 0.470 e. The molecule has 4 heterocycles. The van der Waals surface area contributed by atoms with Crippen LogP contribution < -0.4 is 4.74 Å². The molecule has 0 spiro atoms. The number of rotatable bonds is 6. The van der Waals surface area contributed by atoms with Crippen LogP contribution in [0.4, 0.5) is 4.39 Å². The van der Waals surface area contributed by atoms with Crippen LogP contribution in [-0.4, -0.2) is 40.1 Å². The van der Waals surface area contributed by atoms with Gasteiger partial charge in [0.05, 0.1) is 11.9 Å². The first-order chi connectivity index (χ1) is 14.1. The van der Waals surface area contributed by atoms with Crippen molar-refractivity contribution in [3.05, 3.63) is 66.0 Å². The van der Waals surface area contributed by atoms with Crippen LogP contribution in [0.5, 0.6) is 5.88 Å². The van der Waals surface area contributed by atoms with Crippen molar-refractivity contribution in [2.24, 2.45) is 0 Å². The van der Waals surface area contributed by atoms with E-state index in [1.165, 1.54) is 13.1 Å². The molecule has 1 atom stereocenters. The molecule has 0 fully saturated rings. The Morgan fingerprint density at radius 2 is 1.90 bits per heavy atom. The molecule has 0 aliphatic carbocycles. The summed E-state index contributed by atoms with van der Waals surface area (Å²) in [6.45, 7) is 3.45. The lowest BCUT2D eigenvalue weighted by Crippen LogP contribution is -2.09. The topological polar surface area (TPSA) is 104 Å². The third-order valence-corrected chi connectivity index (χ3v) is 4.23. The minimum atomic E-state index is -1.08. The molecule has 29 heavy (non-hydrogen) atoms. The highest BCUT2D eigenvalue weighted by atomic mass is 19.1. The standard InChI is InChI=1S/C19H17FN8O/c1-12(20)14-3-5-18(23-9-14)28-17(13(2)24-27-28)11-29-19-6-4-15(25-26-19)16-10-21-7-8-22-16/h3-10,12H,11H2,1-2H3. The molecule has 0 aromatic carbocycles. The summed E-state index contributed by atoms with van der Waals surface area (Å²) in [7, 11) is 0. The third kappa shape index (κ3) is 4.05. The second-order valence-electron chi connectivity index (χ2n) is 6.24. The van der Waals surface area contributed by atoms with Crippen LogP contribution in [-0.2, 0) is 6.61 Å². The van der Waals surface area contributed by atoms with Gasteiger partial charge in [-0.25, -0.2) is 9.37 Å². The highest BCUT2D eigenvalue weighted by Gasteiger charge is 2.14. The summed E-state index contributed by atoms with van der Waals surface area (Å²) in [6, 6.07) is 6.83. The molecule has 146 valence electrons. The summed E-state index contributed by atoms with van der Waals surface area (Å²) in [6.07, 6.45) is 5.19. The first-order valence-corrected chi connectivity index (χ1v) is 8.86. The number of pyridine rings is 1. The number of ether oxygens (including phenoxy) is 1. The zero-order valence-corrected chi connectivity index (χ0v) is 15.8. The summed E-state index contributed by atoms with van der Waals surface area (Å²) in [4.78, 5) is 12.5. The zero-order valence-electron chi connectivity index (χ0n) is 15.8. The minimum Gasteiger partial charge on any atom is -0.470 e. The van der Waals surface area contributed by atoms with Crippen molar-refractivity contribution in [2.75, 3.05) is 0 Å². The van der Waals surface area contributed by atoms with Crippen molar-refractivity contribution >= 4 is 0 Å². The highest BCUT2D eigenvalue weighted by molar-refractivity contribution is 5.51. The minimum absolute atomic E-state index is 0.168. The summed E-state index contributed by atoms with van der Waals surface area (Å²) in [5.41, 5.74) is 3.13. The van der Waals surface area contributed by atoms with Gasteiger partial charge in [-0.1, -0.05) is 11.3 Å². The Morgan fingerprint density at radius 1 is 1.00 bits per heavy atom. The van der Waals surface area contributed by atoms with Crippen molar-refractivity contribution in [3.8, 4) is 23.1 Å². The monoisotopic (exact) mass is 392 g/mol. The number of nitrogens with zero attached hydrogens (tertiary/aromatic N) is 8. The fraction of sp³-hybridized carbons (Fsp3) is 0.211. The van der Waals surface area contributed by atoms with E-state index < -0.39 is 6.17 Å². The van der Waals surface area contributed by atoms with Crippen LogP contribution in [0.25, 0.3) is 17.2 Å². The number of hydrogen-bond acceptors (Lipinski definition) is 8. The van der Waals surface area contributed by atoms with Crippen LogP contribution >= 0.6 is 0 Å². The van der Waals surface area contributed by atoms with Gasteiger partial charge in [0, 0.05) is 30.2 Å². The lowest BCUT2D eigenvalue weighted by atomic mass is 10.2. The molecule has 0 N–H and O–H groups in total. The number of aromatic nitrogens is 8. The van der Waals surface area contributed by atoms with Crippen molar-refractivity contribution in [2.45, 2.75) is 26.6 Å². The average Bonchev–Trinajstić information content (AvgIpc) is 3.13. The SMILES string of the molecule is Cc1nnn(-c2ccc(C(C)F)cn2)c1COc1ccc(-c2cnccn2)nn1. The molecule has 0 radical (unpaired) electrons. The van der Waals surface area contributed by atoms with Crippen LogP contribution in [0.2, 0.25) is 0 Å². The summed E-state index contributed by atoms with van der Waals surface area (Å²) in [5.74, 6) is 0.872. The smallest absolute Gasteiger partial charge is 0.233 e. The second-order valence-corrected chi connectivity index (χ2v) is 6.24. The molecule has 1 unspecified atom stereocenters. The highest BCUT2D eigenvalue weighted by Crippen LogP contribution is 2.19. The van der Waals surface area contributed by atoms with Gasteiger partial charge in [-0.3, -0.25) is 9.97 Å². The van der Waals surface area contributed by atoms with Crippen LogP contribution in [0.3, 0.4) is 0 Å². The molecular formula is C19H17FN8O. The molecule has 0 amide bonds. The number of aryl methyl sites for hydroxylation is 1. The molecular weight excluding hydrogens is 375 g/mol. The summed E-state index contributed by atoms with van der Waals surface area (Å²) in [5, 5.41) is 16.4. The fourth-order valence-corrected chi connectivity index (χ4v) is 2.59. The number of hydrogen-bond donors (Lipinski definition) is 0. The van der Waals surface area contributed by atoms with Crippen molar-refractivity contribution in [3.63, 3.8) is 0 Å². The number of alkyl halides is 1. The molecule has 4 aromatic heterocycles. The van der Waals surface area contributed by atoms with E-state index in [0.29, 0.717) is 40.0 Å². The first kappa shape index (κ1) is 18.5. The second kappa shape index (κ2) is 8.05. The summed E-state index contributed by atoms with van der Waals surface area (Å²) >= 11 is 0. The predicted octanol–water partition coefficient (Wildman–Crippen LogP) is 2.83. The Balaban J connectivity index is 1.50. The number of halogens is 1. The van der Waals surface area contributed by atoms with Crippen LogP contribution in [0, 0.1) is 6.92 Å². The quantitative estimate of drug-likeness (QED) is 0.493. The van der Waals surface area contributed by atoms with Crippen LogP contribution in [0.15, 0.2) is 49.1 Å². The Labute approximate surface area is 165 Å². The fourth-order valence-electron chi connectivity index (χ4n) is 2.59. The Kier molecular flexibility index (Phi) is 5.14. The van der Waals surface area contributed by atoms with E-state index in [9.17, 15) is 4.39 Å².